The average Bonchev–Trinajstić information content (AvgIpc) is 2.36. The Kier molecular flexibility index (Phi) is 5.96. The summed E-state index contributed by atoms with van der Waals surface area (Å²) in [5, 5.41) is 0. The Hall–Kier alpha value is -1.00. The van der Waals surface area contributed by atoms with Gasteiger partial charge in [0.25, 0.3) is 0 Å². The molecule has 90 valence electrons. The van der Waals surface area contributed by atoms with E-state index in [1.807, 2.05) is 26.2 Å². The first-order valence-corrected chi connectivity index (χ1v) is 5.99. The van der Waals surface area contributed by atoms with Gasteiger partial charge in [0, 0.05) is 50.7 Å². The Morgan fingerprint density at radius 3 is 2.19 bits per heavy atom. The van der Waals surface area contributed by atoms with Crippen molar-refractivity contribution in [3.63, 3.8) is 0 Å². The number of aromatic nitrogens is 2. The number of nitrogens with zero attached hydrogens (tertiary/aromatic N) is 4. The topological polar surface area (TPSA) is 32.3 Å². The number of rotatable bonds is 2. The van der Waals surface area contributed by atoms with Crippen molar-refractivity contribution < 1.29 is 0 Å². The Bertz CT molecular complexity index is 268. The zero-order valence-electron chi connectivity index (χ0n) is 10.6. The van der Waals surface area contributed by atoms with Crippen molar-refractivity contribution in [2.45, 2.75) is 20.4 Å². The van der Waals surface area contributed by atoms with Crippen LogP contribution in [-0.4, -0.2) is 53.0 Å². The summed E-state index contributed by atoms with van der Waals surface area (Å²) in [4.78, 5) is 12.8. The van der Waals surface area contributed by atoms with Gasteiger partial charge >= 0.3 is 0 Å². The molecule has 0 N–H and O–H groups in total. The lowest BCUT2D eigenvalue weighted by Crippen LogP contribution is -2.43. The Morgan fingerprint density at radius 1 is 1.06 bits per heavy atom. The fourth-order valence-electron chi connectivity index (χ4n) is 1.68. The maximum atomic E-state index is 4.02. The van der Waals surface area contributed by atoms with E-state index >= 15 is 0 Å². The van der Waals surface area contributed by atoms with Gasteiger partial charge in [-0.05, 0) is 7.05 Å². The summed E-state index contributed by atoms with van der Waals surface area (Å²) < 4.78 is 0. The molecule has 0 spiro atoms. The molecule has 0 radical (unpaired) electrons. The van der Waals surface area contributed by atoms with E-state index in [4.69, 9.17) is 0 Å². The van der Waals surface area contributed by atoms with Crippen LogP contribution in [0.3, 0.4) is 0 Å². The second-order valence-electron chi connectivity index (χ2n) is 3.83. The van der Waals surface area contributed by atoms with E-state index in [-0.39, 0.29) is 0 Å². The largest absolute Gasteiger partial charge is 0.304 e. The van der Waals surface area contributed by atoms with Gasteiger partial charge in [-0.2, -0.15) is 0 Å². The van der Waals surface area contributed by atoms with Crippen LogP contribution in [0.5, 0.6) is 0 Å². The molecule has 1 aliphatic heterocycles. The van der Waals surface area contributed by atoms with Gasteiger partial charge in [0.1, 0.15) is 6.33 Å². The van der Waals surface area contributed by atoms with Crippen LogP contribution in [0.1, 0.15) is 19.4 Å². The molecule has 0 bridgehead atoms. The SMILES string of the molecule is CC.CN1CCN(Cc2cncnc2)CC1. The second kappa shape index (κ2) is 7.30. The van der Waals surface area contributed by atoms with E-state index in [1.54, 1.807) is 6.33 Å². The summed E-state index contributed by atoms with van der Waals surface area (Å²) in [5.74, 6) is 0. The van der Waals surface area contributed by atoms with Crippen molar-refractivity contribution in [2.75, 3.05) is 33.2 Å². The Labute approximate surface area is 98.3 Å². The molecule has 1 aliphatic rings. The number of piperazine rings is 1. The van der Waals surface area contributed by atoms with Crippen molar-refractivity contribution in [3.8, 4) is 0 Å². The minimum Gasteiger partial charge on any atom is -0.304 e. The molecule has 1 saturated heterocycles. The van der Waals surface area contributed by atoms with Crippen LogP contribution in [0.15, 0.2) is 18.7 Å². The third-order valence-electron chi connectivity index (χ3n) is 2.62. The predicted molar refractivity (Wildman–Crippen MR) is 66.2 cm³/mol. The van der Waals surface area contributed by atoms with Crippen LogP contribution < -0.4 is 0 Å². The minimum atomic E-state index is 0.981. The van der Waals surface area contributed by atoms with Crippen LogP contribution in [0, 0.1) is 0 Å². The van der Waals surface area contributed by atoms with Crippen LogP contribution >= 0.6 is 0 Å². The molecule has 1 aromatic rings. The van der Waals surface area contributed by atoms with Crippen molar-refractivity contribution in [1.29, 1.82) is 0 Å². The molecule has 1 aromatic heterocycles. The summed E-state index contributed by atoms with van der Waals surface area (Å²) in [6.07, 6.45) is 5.37. The smallest absolute Gasteiger partial charge is 0.115 e. The van der Waals surface area contributed by atoms with Gasteiger partial charge < -0.3 is 4.90 Å². The highest BCUT2D eigenvalue weighted by atomic mass is 15.2. The fraction of sp³-hybridized carbons (Fsp3) is 0.667. The normalized spacial score (nSPS) is 17.7. The van der Waals surface area contributed by atoms with Gasteiger partial charge in [0.15, 0.2) is 0 Å². The maximum Gasteiger partial charge on any atom is 0.115 e. The van der Waals surface area contributed by atoms with E-state index in [1.165, 1.54) is 5.56 Å². The second-order valence-corrected chi connectivity index (χ2v) is 3.83. The molecule has 0 unspecified atom stereocenters. The summed E-state index contributed by atoms with van der Waals surface area (Å²) in [6, 6.07) is 0. The van der Waals surface area contributed by atoms with E-state index in [9.17, 15) is 0 Å². The van der Waals surface area contributed by atoms with Crippen molar-refractivity contribution in [3.05, 3.63) is 24.3 Å². The summed E-state index contributed by atoms with van der Waals surface area (Å²) in [5.41, 5.74) is 1.21. The first-order valence-electron chi connectivity index (χ1n) is 5.99. The first-order chi connectivity index (χ1) is 7.84. The molecule has 0 amide bonds. The van der Waals surface area contributed by atoms with Gasteiger partial charge in [-0.25, -0.2) is 9.97 Å². The fourth-order valence-corrected chi connectivity index (χ4v) is 1.68. The number of hydrogen-bond donors (Lipinski definition) is 0. The van der Waals surface area contributed by atoms with Gasteiger partial charge in [-0.15, -0.1) is 0 Å². The van der Waals surface area contributed by atoms with E-state index in [0.717, 1.165) is 32.7 Å². The number of hydrogen-bond acceptors (Lipinski definition) is 4. The highest BCUT2D eigenvalue weighted by molar-refractivity contribution is 5.02. The lowest BCUT2D eigenvalue weighted by atomic mass is 10.2. The molecule has 0 saturated carbocycles. The molecule has 4 heteroatoms. The summed E-state index contributed by atoms with van der Waals surface area (Å²) in [7, 11) is 2.17. The molecular formula is C12H22N4. The lowest BCUT2D eigenvalue weighted by Gasteiger charge is -2.32. The highest BCUT2D eigenvalue weighted by Crippen LogP contribution is 2.04. The van der Waals surface area contributed by atoms with Crippen molar-refractivity contribution in [2.24, 2.45) is 0 Å². The monoisotopic (exact) mass is 222 g/mol. The first kappa shape index (κ1) is 13.1. The van der Waals surface area contributed by atoms with Crippen LogP contribution in [0.4, 0.5) is 0 Å². The van der Waals surface area contributed by atoms with Crippen molar-refractivity contribution >= 4 is 0 Å². The predicted octanol–water partition coefficient (Wildman–Crippen LogP) is 1.25. The summed E-state index contributed by atoms with van der Waals surface area (Å²) in [6.45, 7) is 9.59. The van der Waals surface area contributed by atoms with Crippen LogP contribution in [-0.2, 0) is 6.54 Å². The molecule has 1 fully saturated rings. The molecule has 4 nitrogen and oxygen atoms in total. The number of likely N-dealkylation sites (N-methyl/N-ethyl adjacent to an activating group) is 1. The lowest BCUT2D eigenvalue weighted by molar-refractivity contribution is 0.148. The molecule has 0 aromatic carbocycles. The molecule has 2 rings (SSSR count). The highest BCUT2D eigenvalue weighted by Gasteiger charge is 2.13. The van der Waals surface area contributed by atoms with E-state index in [2.05, 4.69) is 26.8 Å². The molecule has 16 heavy (non-hydrogen) atoms. The summed E-state index contributed by atoms with van der Waals surface area (Å²) >= 11 is 0. The quantitative estimate of drug-likeness (QED) is 0.754. The van der Waals surface area contributed by atoms with E-state index in [0.29, 0.717) is 0 Å². The molecule has 0 aliphatic carbocycles. The molecule has 2 heterocycles. The zero-order chi connectivity index (χ0) is 11.8. The van der Waals surface area contributed by atoms with E-state index < -0.39 is 0 Å². The van der Waals surface area contributed by atoms with Gasteiger partial charge in [0.05, 0.1) is 0 Å². The van der Waals surface area contributed by atoms with Crippen LogP contribution in [0.25, 0.3) is 0 Å². The maximum absolute atomic E-state index is 4.02. The molecule has 0 atom stereocenters. The average molecular weight is 222 g/mol. The standard InChI is InChI=1S/C10H16N4.C2H6/c1-13-2-4-14(5-3-13)8-10-6-11-9-12-7-10;1-2/h6-7,9H,2-5,8H2,1H3;1-2H3. The Morgan fingerprint density at radius 2 is 1.62 bits per heavy atom. The van der Waals surface area contributed by atoms with Crippen LogP contribution in [0.2, 0.25) is 0 Å². The van der Waals surface area contributed by atoms with Gasteiger partial charge in [0.2, 0.25) is 0 Å². The van der Waals surface area contributed by atoms with Crippen molar-refractivity contribution in [1.82, 2.24) is 19.8 Å². The molecular weight excluding hydrogens is 200 g/mol. The zero-order valence-corrected chi connectivity index (χ0v) is 10.6. The third kappa shape index (κ3) is 4.24. The minimum absolute atomic E-state index is 0.981. The third-order valence-corrected chi connectivity index (χ3v) is 2.62. The van der Waals surface area contributed by atoms with Gasteiger partial charge in [-0.1, -0.05) is 13.8 Å². The van der Waals surface area contributed by atoms with Gasteiger partial charge in [-0.3, -0.25) is 4.90 Å². The Balaban J connectivity index is 0.000000606.